The first kappa shape index (κ1) is 28.9. The highest BCUT2D eigenvalue weighted by molar-refractivity contribution is 7.16. The van der Waals surface area contributed by atoms with Crippen LogP contribution in [0.1, 0.15) is 70.7 Å². The highest BCUT2D eigenvalue weighted by atomic mass is 32.1. The number of thiophene rings is 1. The molecule has 1 aliphatic carbocycles. The van der Waals surface area contributed by atoms with E-state index in [0.29, 0.717) is 12.5 Å². The van der Waals surface area contributed by atoms with Gasteiger partial charge in [-0.05, 0) is 91.5 Å². The Balaban J connectivity index is 1.30. The average Bonchev–Trinajstić information content (AvgIpc) is 3.72. The molecule has 0 bridgehead atoms. The fraction of sp³-hybridized carbons (Fsp3) is 0.297. The first-order chi connectivity index (χ1) is 20.7. The summed E-state index contributed by atoms with van der Waals surface area (Å²) >= 11 is 1.68. The minimum Gasteiger partial charge on any atom is -0.467 e. The third-order valence-electron chi connectivity index (χ3n) is 8.73. The molecule has 5 aromatic rings. The molecule has 3 heterocycles. The minimum absolute atomic E-state index is 0.0840. The van der Waals surface area contributed by atoms with Crippen molar-refractivity contribution >= 4 is 28.5 Å². The quantitative estimate of drug-likeness (QED) is 0.192. The third-order valence-corrected chi connectivity index (χ3v) is 9.89. The van der Waals surface area contributed by atoms with Gasteiger partial charge in [-0.25, -0.2) is 4.99 Å². The lowest BCUT2D eigenvalue weighted by molar-refractivity contribution is 0.0947. The van der Waals surface area contributed by atoms with E-state index in [4.69, 9.17) is 9.41 Å². The first-order valence-electron chi connectivity index (χ1n) is 15.0. The van der Waals surface area contributed by atoms with Crippen LogP contribution in [0.2, 0.25) is 0 Å². The summed E-state index contributed by atoms with van der Waals surface area (Å²) in [7, 11) is 0. The zero-order valence-electron chi connectivity index (χ0n) is 25.6. The van der Waals surface area contributed by atoms with Gasteiger partial charge in [0.05, 0.1) is 18.4 Å². The molecule has 1 N–H and O–H groups in total. The second kappa shape index (κ2) is 11.8. The van der Waals surface area contributed by atoms with E-state index in [-0.39, 0.29) is 11.3 Å². The number of hydrogen-bond donors (Lipinski definition) is 1. The summed E-state index contributed by atoms with van der Waals surface area (Å²) in [5.41, 5.74) is 8.94. The topological polar surface area (TPSA) is 59.5 Å². The molecule has 1 aliphatic rings. The fourth-order valence-electron chi connectivity index (χ4n) is 6.18. The van der Waals surface area contributed by atoms with Gasteiger partial charge < -0.3 is 14.3 Å². The van der Waals surface area contributed by atoms with Crippen molar-refractivity contribution in [3.05, 3.63) is 118 Å². The van der Waals surface area contributed by atoms with E-state index in [9.17, 15) is 4.79 Å². The summed E-state index contributed by atoms with van der Waals surface area (Å²) in [6, 6.07) is 25.0. The van der Waals surface area contributed by atoms with Gasteiger partial charge in [0.25, 0.3) is 5.91 Å². The number of fused-ring (bicyclic) bond motifs is 1. The van der Waals surface area contributed by atoms with Crippen LogP contribution in [0.3, 0.4) is 0 Å². The van der Waals surface area contributed by atoms with Gasteiger partial charge in [0, 0.05) is 33.7 Å². The molecular weight excluding hydrogens is 550 g/mol. The molecule has 2 aromatic carbocycles. The van der Waals surface area contributed by atoms with Gasteiger partial charge in [0.15, 0.2) is 0 Å². The number of hydrogen-bond acceptors (Lipinski definition) is 4. The molecular formula is C37H39N3O2S. The Labute approximate surface area is 258 Å². The largest absolute Gasteiger partial charge is 0.467 e. The van der Waals surface area contributed by atoms with Crippen LogP contribution >= 0.6 is 11.3 Å². The molecule has 0 saturated carbocycles. The molecule has 6 rings (SSSR count). The lowest BCUT2D eigenvalue weighted by Crippen LogP contribution is -2.28. The Morgan fingerprint density at radius 2 is 1.79 bits per heavy atom. The monoisotopic (exact) mass is 589 g/mol. The van der Waals surface area contributed by atoms with Gasteiger partial charge in [-0.2, -0.15) is 0 Å². The van der Waals surface area contributed by atoms with Gasteiger partial charge in [-0.1, -0.05) is 63.2 Å². The van der Waals surface area contributed by atoms with Crippen LogP contribution in [-0.4, -0.2) is 16.7 Å². The number of aromatic nitrogens is 1. The maximum atomic E-state index is 13.6. The standard InChI is InChI=1S/C37H39N3O2S/c1-24-20-28(25(2)40(24)30-16-13-27(14-17-30)26-10-7-6-8-11-26)22-39-36-34(35(41)38-23-31-12-9-19-42-31)32-18-15-29(37(3,4)5)21-33(32)43-36/h6-14,16-17,19-20,22,29H,15,18,21,23H2,1-5H3,(H,38,41)/t29-/m0/s1. The van der Waals surface area contributed by atoms with Crippen LogP contribution < -0.4 is 5.32 Å². The number of nitrogens with zero attached hydrogens (tertiary/aromatic N) is 2. The van der Waals surface area contributed by atoms with Crippen LogP contribution in [0, 0.1) is 25.2 Å². The number of nitrogens with one attached hydrogen (secondary N) is 1. The van der Waals surface area contributed by atoms with Gasteiger partial charge in [0.1, 0.15) is 10.8 Å². The molecule has 0 saturated heterocycles. The number of carbonyl (C=O) groups excluding carboxylic acids is 1. The number of benzene rings is 2. The van der Waals surface area contributed by atoms with Gasteiger partial charge in [0.2, 0.25) is 0 Å². The van der Waals surface area contributed by atoms with E-state index in [1.807, 2.05) is 24.4 Å². The van der Waals surface area contributed by atoms with E-state index < -0.39 is 0 Å². The predicted octanol–water partition coefficient (Wildman–Crippen LogP) is 9.25. The number of aryl methyl sites for hydroxylation is 1. The summed E-state index contributed by atoms with van der Waals surface area (Å²) in [4.78, 5) is 19.9. The number of carbonyl (C=O) groups is 1. The van der Waals surface area contributed by atoms with Crippen molar-refractivity contribution in [3.8, 4) is 16.8 Å². The zero-order chi connectivity index (χ0) is 30.1. The summed E-state index contributed by atoms with van der Waals surface area (Å²) in [5, 5.41) is 3.86. The number of rotatable bonds is 7. The average molecular weight is 590 g/mol. The highest BCUT2D eigenvalue weighted by Gasteiger charge is 2.33. The SMILES string of the molecule is Cc1cc(C=Nc2sc3c(c2C(=O)NCc2ccco2)CC[C@H](C(C)(C)C)C3)c(C)n1-c1ccc(-c2ccccc2)cc1. The van der Waals surface area contributed by atoms with Crippen molar-refractivity contribution in [2.75, 3.05) is 0 Å². The van der Waals surface area contributed by atoms with Crippen LogP contribution in [0.25, 0.3) is 16.8 Å². The van der Waals surface area contributed by atoms with Crippen LogP contribution in [0.15, 0.2) is 88.5 Å². The summed E-state index contributed by atoms with van der Waals surface area (Å²) in [6.07, 6.45) is 6.54. The summed E-state index contributed by atoms with van der Waals surface area (Å²) in [6.45, 7) is 11.6. The molecule has 0 fully saturated rings. The molecule has 1 amide bonds. The molecule has 3 aromatic heterocycles. The summed E-state index contributed by atoms with van der Waals surface area (Å²) < 4.78 is 7.71. The van der Waals surface area contributed by atoms with Gasteiger partial charge in [-0.15, -0.1) is 11.3 Å². The van der Waals surface area contributed by atoms with Crippen LogP contribution in [0.4, 0.5) is 5.00 Å². The Kier molecular flexibility index (Phi) is 7.97. The van der Waals surface area contributed by atoms with Crippen molar-refractivity contribution in [1.29, 1.82) is 0 Å². The van der Waals surface area contributed by atoms with Gasteiger partial charge in [-0.3, -0.25) is 4.79 Å². The molecule has 1 atom stereocenters. The molecule has 220 valence electrons. The second-order valence-corrected chi connectivity index (χ2v) is 13.7. The number of amides is 1. The van der Waals surface area contributed by atoms with E-state index in [1.165, 1.54) is 21.6 Å². The maximum Gasteiger partial charge on any atom is 0.255 e. The van der Waals surface area contributed by atoms with E-state index >= 15 is 0 Å². The van der Waals surface area contributed by atoms with E-state index in [2.05, 4.69) is 99.1 Å². The lowest BCUT2D eigenvalue weighted by atomic mass is 9.72. The molecule has 5 nitrogen and oxygen atoms in total. The first-order valence-corrected chi connectivity index (χ1v) is 15.8. The van der Waals surface area contributed by atoms with Crippen molar-refractivity contribution in [1.82, 2.24) is 9.88 Å². The second-order valence-electron chi connectivity index (χ2n) is 12.6. The van der Waals surface area contributed by atoms with Crippen molar-refractivity contribution in [2.24, 2.45) is 16.3 Å². The molecule has 43 heavy (non-hydrogen) atoms. The highest BCUT2D eigenvalue weighted by Crippen LogP contribution is 2.45. The summed E-state index contributed by atoms with van der Waals surface area (Å²) in [5.74, 6) is 1.24. The molecule has 0 unspecified atom stereocenters. The van der Waals surface area contributed by atoms with Crippen molar-refractivity contribution in [2.45, 2.75) is 60.4 Å². The predicted molar refractivity (Wildman–Crippen MR) is 177 cm³/mol. The normalized spacial score (nSPS) is 15.1. The van der Waals surface area contributed by atoms with Gasteiger partial charge >= 0.3 is 0 Å². The van der Waals surface area contributed by atoms with E-state index in [0.717, 1.165) is 58.2 Å². The van der Waals surface area contributed by atoms with Crippen molar-refractivity contribution in [3.63, 3.8) is 0 Å². The molecule has 0 radical (unpaired) electrons. The van der Waals surface area contributed by atoms with Crippen molar-refractivity contribution < 1.29 is 9.21 Å². The Hall–Kier alpha value is -4.16. The number of aliphatic imine (C=N–C) groups is 1. The minimum atomic E-state index is -0.0840. The maximum absolute atomic E-state index is 13.6. The van der Waals surface area contributed by atoms with Crippen LogP contribution in [0.5, 0.6) is 0 Å². The Bertz CT molecular complexity index is 1750. The third kappa shape index (κ3) is 6.02. The molecule has 0 aliphatic heterocycles. The Morgan fingerprint density at radius 3 is 2.49 bits per heavy atom. The number of furan rings is 1. The fourth-order valence-corrected chi connectivity index (χ4v) is 7.45. The lowest BCUT2D eigenvalue weighted by Gasteiger charge is -2.33. The Morgan fingerprint density at radius 1 is 1.05 bits per heavy atom. The smallest absolute Gasteiger partial charge is 0.255 e. The molecule has 0 spiro atoms. The molecule has 6 heteroatoms. The zero-order valence-corrected chi connectivity index (χ0v) is 26.4. The van der Waals surface area contributed by atoms with Crippen LogP contribution in [-0.2, 0) is 19.4 Å². The van der Waals surface area contributed by atoms with E-state index in [1.54, 1.807) is 17.6 Å².